The molecule has 1 aromatic heterocycles. The van der Waals surface area contributed by atoms with Crippen LogP contribution < -0.4 is 0 Å². The number of rotatable bonds is 8. The Hall–Kier alpha value is -0.650. The Balaban J connectivity index is 2.17. The molecule has 0 amide bonds. The predicted octanol–water partition coefficient (Wildman–Crippen LogP) is 2.05. The van der Waals surface area contributed by atoms with Crippen LogP contribution in [0.1, 0.15) is 25.5 Å². The molecule has 5 heteroatoms. The number of aryl methyl sites for hydroxylation is 1. The van der Waals surface area contributed by atoms with Crippen molar-refractivity contribution in [2.24, 2.45) is 0 Å². The van der Waals surface area contributed by atoms with Gasteiger partial charge in [0.15, 0.2) is 5.16 Å². The molecule has 1 rings (SSSR count). The predicted molar refractivity (Wildman–Crippen MR) is 69.2 cm³/mol. The molecule has 4 nitrogen and oxygen atoms in total. The first-order valence-corrected chi connectivity index (χ1v) is 6.89. The first-order valence-electron chi connectivity index (χ1n) is 5.90. The molecule has 1 N–H and O–H groups in total. The van der Waals surface area contributed by atoms with Gasteiger partial charge >= 0.3 is 0 Å². The molecule has 0 aliphatic carbocycles. The van der Waals surface area contributed by atoms with Crippen molar-refractivity contribution < 1.29 is 9.84 Å². The highest BCUT2D eigenvalue weighted by Gasteiger charge is 2.06. The third-order valence-corrected chi connectivity index (χ3v) is 3.14. The number of hydrogen-bond acceptors (Lipinski definition) is 5. The molecular weight excluding hydrogens is 236 g/mol. The Kier molecular flexibility index (Phi) is 7.16. The van der Waals surface area contributed by atoms with Crippen LogP contribution in [0, 0.1) is 6.92 Å². The summed E-state index contributed by atoms with van der Waals surface area (Å²) in [6.45, 7) is 5.15. The molecule has 0 aliphatic rings. The molecule has 17 heavy (non-hydrogen) atoms. The molecule has 1 heterocycles. The van der Waals surface area contributed by atoms with Crippen molar-refractivity contribution in [1.29, 1.82) is 0 Å². The first-order chi connectivity index (χ1) is 8.22. The van der Waals surface area contributed by atoms with Crippen LogP contribution in [0.5, 0.6) is 0 Å². The molecule has 0 radical (unpaired) electrons. The van der Waals surface area contributed by atoms with Crippen molar-refractivity contribution in [2.75, 3.05) is 19.0 Å². The minimum Gasteiger partial charge on any atom is -0.390 e. The topological polar surface area (TPSA) is 55.2 Å². The highest BCUT2D eigenvalue weighted by Crippen LogP contribution is 2.13. The van der Waals surface area contributed by atoms with Gasteiger partial charge in [0, 0.05) is 24.3 Å². The third kappa shape index (κ3) is 6.61. The van der Waals surface area contributed by atoms with Crippen LogP contribution in [0.15, 0.2) is 17.4 Å². The first kappa shape index (κ1) is 14.4. The van der Waals surface area contributed by atoms with Crippen LogP contribution in [-0.2, 0) is 4.74 Å². The van der Waals surface area contributed by atoms with Gasteiger partial charge in [-0.1, -0.05) is 25.1 Å². The van der Waals surface area contributed by atoms with E-state index >= 15 is 0 Å². The average Bonchev–Trinajstić information content (AvgIpc) is 2.32. The summed E-state index contributed by atoms with van der Waals surface area (Å²) in [4.78, 5) is 8.38. The van der Waals surface area contributed by atoms with Gasteiger partial charge < -0.3 is 9.84 Å². The van der Waals surface area contributed by atoms with Crippen LogP contribution >= 0.6 is 11.8 Å². The van der Waals surface area contributed by atoms with Gasteiger partial charge in [-0.25, -0.2) is 9.97 Å². The lowest BCUT2D eigenvalue weighted by molar-refractivity contribution is 0.0473. The maximum atomic E-state index is 9.68. The summed E-state index contributed by atoms with van der Waals surface area (Å²) >= 11 is 1.45. The molecule has 0 saturated heterocycles. The second-order valence-corrected chi connectivity index (χ2v) is 4.86. The Morgan fingerprint density at radius 3 is 3.06 bits per heavy atom. The fourth-order valence-electron chi connectivity index (χ4n) is 1.18. The largest absolute Gasteiger partial charge is 0.390 e. The molecule has 0 aliphatic heterocycles. The van der Waals surface area contributed by atoms with Crippen LogP contribution in [0.4, 0.5) is 0 Å². The lowest BCUT2D eigenvalue weighted by Crippen LogP contribution is -2.18. The minimum absolute atomic E-state index is 0.388. The maximum Gasteiger partial charge on any atom is 0.187 e. The monoisotopic (exact) mass is 256 g/mol. The van der Waals surface area contributed by atoms with E-state index in [1.54, 1.807) is 6.20 Å². The highest BCUT2D eigenvalue weighted by atomic mass is 32.2. The Morgan fingerprint density at radius 1 is 1.53 bits per heavy atom. The van der Waals surface area contributed by atoms with Gasteiger partial charge in [0.2, 0.25) is 0 Å². The molecule has 0 saturated carbocycles. The number of unbranched alkanes of at least 4 members (excludes halogenated alkanes) is 1. The highest BCUT2D eigenvalue weighted by molar-refractivity contribution is 7.99. The summed E-state index contributed by atoms with van der Waals surface area (Å²) in [5.74, 6) is 0.565. The van der Waals surface area contributed by atoms with E-state index in [9.17, 15) is 5.11 Å². The van der Waals surface area contributed by atoms with E-state index in [0.29, 0.717) is 17.5 Å². The number of aromatic nitrogens is 2. The second kappa shape index (κ2) is 8.44. The summed E-state index contributed by atoms with van der Waals surface area (Å²) in [6, 6.07) is 1.86. The number of aliphatic hydroxyl groups is 1. The van der Waals surface area contributed by atoms with Gasteiger partial charge in [0.25, 0.3) is 0 Å². The van der Waals surface area contributed by atoms with Crippen LogP contribution in [0.2, 0.25) is 0 Å². The van der Waals surface area contributed by atoms with Gasteiger partial charge in [-0.05, 0) is 19.4 Å². The molecule has 0 bridgehead atoms. The Labute approximate surface area is 107 Å². The standard InChI is InChI=1S/C12H20N2O2S/c1-3-4-7-16-8-11(15)9-17-12-13-6-5-10(2)14-12/h5-6,11,15H,3-4,7-9H2,1-2H3. The molecule has 96 valence electrons. The van der Waals surface area contributed by atoms with E-state index in [-0.39, 0.29) is 0 Å². The number of ether oxygens (including phenoxy) is 1. The van der Waals surface area contributed by atoms with Crippen molar-refractivity contribution in [3.63, 3.8) is 0 Å². The summed E-state index contributed by atoms with van der Waals surface area (Å²) in [5.41, 5.74) is 0.941. The third-order valence-electron chi connectivity index (χ3n) is 2.13. The van der Waals surface area contributed by atoms with Gasteiger partial charge in [-0.15, -0.1) is 0 Å². The second-order valence-electron chi connectivity index (χ2n) is 3.87. The van der Waals surface area contributed by atoms with Crippen molar-refractivity contribution in [3.8, 4) is 0 Å². The van der Waals surface area contributed by atoms with Crippen LogP contribution in [0.3, 0.4) is 0 Å². The Bertz CT molecular complexity index is 323. The van der Waals surface area contributed by atoms with Crippen LogP contribution in [-0.4, -0.2) is 40.1 Å². The fraction of sp³-hybridized carbons (Fsp3) is 0.667. The quantitative estimate of drug-likeness (QED) is 0.438. The maximum absolute atomic E-state index is 9.68. The number of aliphatic hydroxyl groups excluding tert-OH is 1. The molecular formula is C12H20N2O2S. The molecule has 1 aromatic rings. The van der Waals surface area contributed by atoms with E-state index in [1.165, 1.54) is 11.8 Å². The number of hydrogen-bond donors (Lipinski definition) is 1. The zero-order valence-electron chi connectivity index (χ0n) is 10.4. The number of thioether (sulfide) groups is 1. The van der Waals surface area contributed by atoms with E-state index in [1.807, 2.05) is 13.0 Å². The SMILES string of the molecule is CCCCOCC(O)CSc1nccc(C)n1. The van der Waals surface area contributed by atoms with E-state index in [4.69, 9.17) is 4.74 Å². The lowest BCUT2D eigenvalue weighted by Gasteiger charge is -2.10. The Morgan fingerprint density at radius 2 is 2.35 bits per heavy atom. The molecule has 0 aromatic carbocycles. The van der Waals surface area contributed by atoms with Gasteiger partial charge in [0.05, 0.1) is 12.7 Å². The van der Waals surface area contributed by atoms with Gasteiger partial charge in [0.1, 0.15) is 0 Å². The van der Waals surface area contributed by atoms with Crippen molar-refractivity contribution in [3.05, 3.63) is 18.0 Å². The van der Waals surface area contributed by atoms with E-state index in [2.05, 4.69) is 16.9 Å². The average molecular weight is 256 g/mol. The number of nitrogens with zero attached hydrogens (tertiary/aromatic N) is 2. The fourth-order valence-corrected chi connectivity index (χ4v) is 1.96. The molecule has 1 atom stereocenters. The van der Waals surface area contributed by atoms with Crippen molar-refractivity contribution in [1.82, 2.24) is 9.97 Å². The lowest BCUT2D eigenvalue weighted by atomic mass is 10.3. The van der Waals surface area contributed by atoms with Gasteiger partial charge in [-0.2, -0.15) is 0 Å². The molecule has 0 spiro atoms. The summed E-state index contributed by atoms with van der Waals surface area (Å²) < 4.78 is 5.34. The summed E-state index contributed by atoms with van der Waals surface area (Å²) in [6.07, 6.45) is 3.43. The molecule has 1 unspecified atom stereocenters. The summed E-state index contributed by atoms with van der Waals surface area (Å²) in [7, 11) is 0. The van der Waals surface area contributed by atoms with E-state index in [0.717, 1.165) is 25.1 Å². The zero-order valence-corrected chi connectivity index (χ0v) is 11.2. The van der Waals surface area contributed by atoms with Crippen molar-refractivity contribution in [2.45, 2.75) is 37.9 Å². The van der Waals surface area contributed by atoms with Crippen LogP contribution in [0.25, 0.3) is 0 Å². The minimum atomic E-state index is -0.457. The normalized spacial score (nSPS) is 12.6. The zero-order chi connectivity index (χ0) is 12.5. The molecule has 0 fully saturated rings. The van der Waals surface area contributed by atoms with E-state index < -0.39 is 6.10 Å². The summed E-state index contributed by atoms with van der Waals surface area (Å²) in [5, 5.41) is 10.4. The smallest absolute Gasteiger partial charge is 0.187 e. The van der Waals surface area contributed by atoms with Crippen molar-refractivity contribution >= 4 is 11.8 Å². The van der Waals surface area contributed by atoms with Gasteiger partial charge in [-0.3, -0.25) is 0 Å².